The molecule has 0 spiro atoms. The number of nitrogens with one attached hydrogen (secondary N) is 1. The van der Waals surface area contributed by atoms with E-state index in [1.165, 1.54) is 29.8 Å². The average Bonchev–Trinajstić information content (AvgIpc) is 2.95. The molecule has 0 aliphatic heterocycles. The molecule has 110 valence electrons. The fraction of sp³-hybridized carbons (Fsp3) is 0.438. The summed E-state index contributed by atoms with van der Waals surface area (Å²) in [7, 11) is 0. The van der Waals surface area contributed by atoms with Crippen molar-refractivity contribution < 1.29 is 4.79 Å². The first-order valence-electron chi connectivity index (χ1n) is 7.44. The van der Waals surface area contributed by atoms with E-state index in [1.807, 2.05) is 12.1 Å². The van der Waals surface area contributed by atoms with Crippen LogP contribution in [-0.4, -0.2) is 15.9 Å². The molecule has 21 heavy (non-hydrogen) atoms. The zero-order chi connectivity index (χ0) is 14.5. The molecule has 2 aromatic rings. The maximum Gasteiger partial charge on any atom is 0.220 e. The molecule has 2 heterocycles. The van der Waals surface area contributed by atoms with Crippen molar-refractivity contribution in [2.24, 2.45) is 0 Å². The van der Waals surface area contributed by atoms with Gasteiger partial charge in [-0.2, -0.15) is 0 Å². The molecule has 1 aliphatic carbocycles. The SMILES string of the molecule is O=C(CCc1nc2c(s1)CCCC2)NCc1cccnc1. The third kappa shape index (κ3) is 3.88. The fourth-order valence-electron chi connectivity index (χ4n) is 2.52. The predicted molar refractivity (Wildman–Crippen MR) is 83.2 cm³/mol. The minimum absolute atomic E-state index is 0.0759. The molecule has 0 bridgehead atoms. The van der Waals surface area contributed by atoms with Crippen molar-refractivity contribution in [2.45, 2.75) is 45.1 Å². The van der Waals surface area contributed by atoms with E-state index in [0.717, 1.165) is 23.4 Å². The van der Waals surface area contributed by atoms with Gasteiger partial charge in [0.1, 0.15) is 0 Å². The van der Waals surface area contributed by atoms with Crippen LogP contribution in [-0.2, 0) is 30.6 Å². The number of carbonyl (C=O) groups is 1. The second-order valence-corrected chi connectivity index (χ2v) is 6.49. The third-order valence-corrected chi connectivity index (χ3v) is 4.89. The first-order valence-corrected chi connectivity index (χ1v) is 8.26. The maximum absolute atomic E-state index is 11.9. The Kier molecular flexibility index (Phi) is 4.60. The number of pyridine rings is 1. The summed E-state index contributed by atoms with van der Waals surface area (Å²) < 4.78 is 0. The van der Waals surface area contributed by atoms with E-state index in [4.69, 9.17) is 0 Å². The van der Waals surface area contributed by atoms with Gasteiger partial charge in [0.25, 0.3) is 0 Å². The van der Waals surface area contributed by atoms with Gasteiger partial charge in [0.05, 0.1) is 10.7 Å². The lowest BCUT2D eigenvalue weighted by Gasteiger charge is -2.06. The van der Waals surface area contributed by atoms with Gasteiger partial charge in [-0.15, -0.1) is 11.3 Å². The summed E-state index contributed by atoms with van der Waals surface area (Å²) in [5.41, 5.74) is 2.30. The van der Waals surface area contributed by atoms with Gasteiger partial charge < -0.3 is 5.32 Å². The van der Waals surface area contributed by atoms with E-state index in [9.17, 15) is 4.79 Å². The molecule has 0 fully saturated rings. The molecule has 2 aromatic heterocycles. The molecule has 0 radical (unpaired) electrons. The standard InChI is InChI=1S/C16H19N3OS/c20-15(18-11-12-4-3-9-17-10-12)7-8-16-19-13-5-1-2-6-14(13)21-16/h3-4,9-10H,1-2,5-8,11H2,(H,18,20). The molecule has 1 N–H and O–H groups in total. The maximum atomic E-state index is 11.9. The van der Waals surface area contributed by atoms with Crippen molar-refractivity contribution in [2.75, 3.05) is 0 Å². The summed E-state index contributed by atoms with van der Waals surface area (Å²) in [4.78, 5) is 22.0. The van der Waals surface area contributed by atoms with E-state index in [0.29, 0.717) is 13.0 Å². The lowest BCUT2D eigenvalue weighted by molar-refractivity contribution is -0.121. The number of aryl methyl sites for hydroxylation is 3. The number of fused-ring (bicyclic) bond motifs is 1. The van der Waals surface area contributed by atoms with Crippen molar-refractivity contribution in [1.29, 1.82) is 0 Å². The third-order valence-electron chi connectivity index (χ3n) is 3.67. The summed E-state index contributed by atoms with van der Waals surface area (Å²) in [6, 6.07) is 3.84. The van der Waals surface area contributed by atoms with E-state index < -0.39 is 0 Å². The largest absolute Gasteiger partial charge is 0.352 e. The summed E-state index contributed by atoms with van der Waals surface area (Å²) in [5.74, 6) is 0.0759. The highest BCUT2D eigenvalue weighted by Crippen LogP contribution is 2.27. The number of hydrogen-bond donors (Lipinski definition) is 1. The average molecular weight is 301 g/mol. The van der Waals surface area contributed by atoms with Gasteiger partial charge in [-0.05, 0) is 37.3 Å². The Balaban J connectivity index is 1.46. The second-order valence-electron chi connectivity index (χ2n) is 5.32. The quantitative estimate of drug-likeness (QED) is 0.923. The highest BCUT2D eigenvalue weighted by molar-refractivity contribution is 7.11. The zero-order valence-corrected chi connectivity index (χ0v) is 12.8. The van der Waals surface area contributed by atoms with Gasteiger partial charge in [-0.1, -0.05) is 6.07 Å². The second kappa shape index (κ2) is 6.80. The Morgan fingerprint density at radius 3 is 3.05 bits per heavy atom. The van der Waals surface area contributed by atoms with Crippen LogP contribution in [0, 0.1) is 0 Å². The molecular weight excluding hydrogens is 282 g/mol. The van der Waals surface area contributed by atoms with Gasteiger partial charge in [0.15, 0.2) is 0 Å². The summed E-state index contributed by atoms with van der Waals surface area (Å²) in [5, 5.41) is 4.04. The lowest BCUT2D eigenvalue weighted by Crippen LogP contribution is -2.23. The summed E-state index contributed by atoms with van der Waals surface area (Å²) in [6.07, 6.45) is 9.56. The number of amides is 1. The van der Waals surface area contributed by atoms with Gasteiger partial charge in [-0.3, -0.25) is 9.78 Å². The Hall–Kier alpha value is -1.75. The van der Waals surface area contributed by atoms with E-state index in [-0.39, 0.29) is 5.91 Å². The highest BCUT2D eigenvalue weighted by atomic mass is 32.1. The van der Waals surface area contributed by atoms with Crippen LogP contribution in [0.5, 0.6) is 0 Å². The van der Waals surface area contributed by atoms with Crippen molar-refractivity contribution in [3.8, 4) is 0 Å². The molecule has 5 heteroatoms. The number of carbonyl (C=O) groups excluding carboxylic acids is 1. The first kappa shape index (κ1) is 14.2. The fourth-order valence-corrected chi connectivity index (χ4v) is 3.68. The van der Waals surface area contributed by atoms with E-state index in [2.05, 4.69) is 15.3 Å². The molecule has 1 aliphatic rings. The lowest BCUT2D eigenvalue weighted by atomic mass is 10.0. The molecule has 0 aromatic carbocycles. The summed E-state index contributed by atoms with van der Waals surface area (Å²) in [6.45, 7) is 0.543. The van der Waals surface area contributed by atoms with Crippen LogP contribution < -0.4 is 5.32 Å². The Bertz CT molecular complexity index is 586. The van der Waals surface area contributed by atoms with Crippen LogP contribution in [0.25, 0.3) is 0 Å². The molecule has 4 nitrogen and oxygen atoms in total. The van der Waals surface area contributed by atoms with Crippen molar-refractivity contribution >= 4 is 17.2 Å². The van der Waals surface area contributed by atoms with Crippen LogP contribution in [0.3, 0.4) is 0 Å². The van der Waals surface area contributed by atoms with Crippen LogP contribution in [0.4, 0.5) is 0 Å². The Labute approximate surface area is 128 Å². The monoisotopic (exact) mass is 301 g/mol. The zero-order valence-electron chi connectivity index (χ0n) is 12.0. The highest BCUT2D eigenvalue weighted by Gasteiger charge is 2.15. The molecule has 0 atom stereocenters. The molecule has 0 saturated heterocycles. The van der Waals surface area contributed by atoms with Gasteiger partial charge >= 0.3 is 0 Å². The smallest absolute Gasteiger partial charge is 0.220 e. The minimum Gasteiger partial charge on any atom is -0.352 e. The molecule has 3 rings (SSSR count). The van der Waals surface area contributed by atoms with Crippen LogP contribution in [0.2, 0.25) is 0 Å². The minimum atomic E-state index is 0.0759. The van der Waals surface area contributed by atoms with E-state index in [1.54, 1.807) is 23.7 Å². The number of thiazole rings is 1. The number of aromatic nitrogens is 2. The molecule has 0 unspecified atom stereocenters. The molecular formula is C16H19N3OS. The predicted octanol–water partition coefficient (Wildman–Crippen LogP) is 2.67. The topological polar surface area (TPSA) is 54.9 Å². The van der Waals surface area contributed by atoms with Crippen LogP contribution in [0.1, 0.15) is 40.4 Å². The Morgan fingerprint density at radius 1 is 1.33 bits per heavy atom. The van der Waals surface area contributed by atoms with Crippen LogP contribution in [0.15, 0.2) is 24.5 Å². The molecule has 0 saturated carbocycles. The Morgan fingerprint density at radius 2 is 2.24 bits per heavy atom. The van der Waals surface area contributed by atoms with Gasteiger partial charge in [0, 0.05) is 36.7 Å². The van der Waals surface area contributed by atoms with Gasteiger partial charge in [0.2, 0.25) is 5.91 Å². The van der Waals surface area contributed by atoms with Crippen molar-refractivity contribution in [1.82, 2.24) is 15.3 Å². The normalized spacial score (nSPS) is 13.7. The molecule has 1 amide bonds. The number of hydrogen-bond acceptors (Lipinski definition) is 4. The first-order chi connectivity index (χ1) is 10.3. The van der Waals surface area contributed by atoms with Crippen molar-refractivity contribution in [3.05, 3.63) is 45.7 Å². The number of nitrogens with zero attached hydrogens (tertiary/aromatic N) is 2. The number of rotatable bonds is 5. The van der Waals surface area contributed by atoms with E-state index >= 15 is 0 Å². The van der Waals surface area contributed by atoms with Crippen molar-refractivity contribution in [3.63, 3.8) is 0 Å². The van der Waals surface area contributed by atoms with Gasteiger partial charge in [-0.25, -0.2) is 4.98 Å². The van der Waals surface area contributed by atoms with Crippen LogP contribution >= 0.6 is 11.3 Å². The summed E-state index contributed by atoms with van der Waals surface area (Å²) >= 11 is 1.79.